The quantitative estimate of drug-likeness (QED) is 0.351. The Morgan fingerprint density at radius 3 is 2.57 bits per heavy atom. The molecule has 74 valence electrons. The molecule has 14 heavy (non-hydrogen) atoms. The lowest BCUT2D eigenvalue weighted by molar-refractivity contribution is -0.385. The van der Waals surface area contributed by atoms with Crippen LogP contribution < -0.4 is 5.46 Å². The van der Waals surface area contributed by atoms with Crippen molar-refractivity contribution in [3.8, 4) is 0 Å². The Morgan fingerprint density at radius 1 is 1.50 bits per heavy atom. The van der Waals surface area contributed by atoms with Gasteiger partial charge in [0.1, 0.15) is 0 Å². The topological polar surface area (TPSA) is 83.6 Å². The van der Waals surface area contributed by atoms with Crippen LogP contribution >= 0.6 is 15.9 Å². The highest BCUT2D eigenvalue weighted by Crippen LogP contribution is 2.19. The number of alkyl halides is 1. The minimum atomic E-state index is -1.68. The molecule has 7 heteroatoms. The molecule has 0 atom stereocenters. The summed E-state index contributed by atoms with van der Waals surface area (Å²) < 4.78 is 0. The van der Waals surface area contributed by atoms with Gasteiger partial charge in [-0.15, -0.1) is 0 Å². The summed E-state index contributed by atoms with van der Waals surface area (Å²) in [4.78, 5) is 10.0. The van der Waals surface area contributed by atoms with Crippen LogP contribution in [0.15, 0.2) is 18.2 Å². The summed E-state index contributed by atoms with van der Waals surface area (Å²) in [7, 11) is -1.68. The van der Waals surface area contributed by atoms with Gasteiger partial charge in [0.05, 0.1) is 4.92 Å². The zero-order valence-electron chi connectivity index (χ0n) is 7.05. The highest BCUT2D eigenvalue weighted by atomic mass is 79.9. The fraction of sp³-hybridized carbons (Fsp3) is 0.143. The predicted molar refractivity (Wildman–Crippen MR) is 55.6 cm³/mol. The summed E-state index contributed by atoms with van der Waals surface area (Å²) in [5.74, 6) is 0. The highest BCUT2D eigenvalue weighted by Gasteiger charge is 2.18. The number of nitro benzene ring substituents is 1. The molecule has 0 bridgehead atoms. The van der Waals surface area contributed by atoms with E-state index in [0.717, 1.165) is 6.07 Å². The number of nitrogens with zero attached hydrogens (tertiary/aromatic N) is 1. The third-order valence-corrected chi connectivity index (χ3v) is 2.35. The Bertz CT molecular complexity index is 358. The van der Waals surface area contributed by atoms with Crippen molar-refractivity contribution < 1.29 is 15.0 Å². The van der Waals surface area contributed by atoms with Crippen molar-refractivity contribution in [1.29, 1.82) is 0 Å². The van der Waals surface area contributed by atoms with Crippen LogP contribution in [0.4, 0.5) is 5.69 Å². The first-order chi connectivity index (χ1) is 6.56. The molecule has 0 amide bonds. The standard InChI is InChI=1S/C7H7BBrNO4/c9-4-5-1-2-6(8(11)12)3-7(5)10(13)14/h1-3,11-12H,4H2. The van der Waals surface area contributed by atoms with E-state index in [1.807, 2.05) is 0 Å². The number of nitro groups is 1. The molecule has 5 nitrogen and oxygen atoms in total. The van der Waals surface area contributed by atoms with Gasteiger partial charge in [-0.25, -0.2) is 0 Å². The smallest absolute Gasteiger partial charge is 0.423 e. The summed E-state index contributed by atoms with van der Waals surface area (Å²) in [6.07, 6.45) is 0. The lowest BCUT2D eigenvalue weighted by Gasteiger charge is -2.02. The van der Waals surface area contributed by atoms with E-state index in [1.165, 1.54) is 12.1 Å². The molecule has 2 N–H and O–H groups in total. The fourth-order valence-electron chi connectivity index (χ4n) is 1.02. The molecular formula is C7H7BBrNO4. The van der Waals surface area contributed by atoms with Gasteiger partial charge in [0, 0.05) is 17.0 Å². The number of hydrogen-bond donors (Lipinski definition) is 2. The summed E-state index contributed by atoms with van der Waals surface area (Å²) in [6.45, 7) is 0. The van der Waals surface area contributed by atoms with E-state index in [-0.39, 0.29) is 11.2 Å². The van der Waals surface area contributed by atoms with Crippen LogP contribution in [0.2, 0.25) is 0 Å². The van der Waals surface area contributed by atoms with Crippen molar-refractivity contribution >= 4 is 34.2 Å². The summed E-state index contributed by atoms with van der Waals surface area (Å²) in [5.41, 5.74) is 0.494. The predicted octanol–water partition coefficient (Wildman–Crippen LogP) is 0.169. The Kier molecular flexibility index (Phi) is 3.62. The van der Waals surface area contributed by atoms with Gasteiger partial charge in [0.2, 0.25) is 0 Å². The fourth-order valence-corrected chi connectivity index (χ4v) is 1.50. The van der Waals surface area contributed by atoms with Gasteiger partial charge >= 0.3 is 7.12 Å². The van der Waals surface area contributed by atoms with Crippen molar-refractivity contribution in [2.45, 2.75) is 5.33 Å². The van der Waals surface area contributed by atoms with Gasteiger partial charge < -0.3 is 10.0 Å². The first-order valence-corrected chi connectivity index (χ1v) is 4.87. The molecule has 0 aromatic heterocycles. The highest BCUT2D eigenvalue weighted by molar-refractivity contribution is 9.08. The number of halogens is 1. The molecule has 0 heterocycles. The third-order valence-electron chi connectivity index (χ3n) is 1.75. The van der Waals surface area contributed by atoms with Gasteiger partial charge in [-0.1, -0.05) is 28.1 Å². The largest absolute Gasteiger partial charge is 0.488 e. The SMILES string of the molecule is O=[N+]([O-])c1cc(B(O)O)ccc1CBr. The molecule has 0 saturated carbocycles. The van der Waals surface area contributed by atoms with E-state index in [4.69, 9.17) is 10.0 Å². The van der Waals surface area contributed by atoms with E-state index >= 15 is 0 Å². The van der Waals surface area contributed by atoms with Crippen molar-refractivity contribution in [3.05, 3.63) is 33.9 Å². The van der Waals surface area contributed by atoms with Crippen LogP contribution in [0.5, 0.6) is 0 Å². The van der Waals surface area contributed by atoms with Gasteiger partial charge in [0.15, 0.2) is 0 Å². The zero-order chi connectivity index (χ0) is 10.7. The first kappa shape index (κ1) is 11.2. The zero-order valence-corrected chi connectivity index (χ0v) is 8.64. The Hall–Kier alpha value is -0.915. The molecular weight excluding hydrogens is 253 g/mol. The summed E-state index contributed by atoms with van der Waals surface area (Å²) in [6, 6.07) is 4.08. The average Bonchev–Trinajstić information content (AvgIpc) is 2.16. The first-order valence-electron chi connectivity index (χ1n) is 3.75. The average molecular weight is 260 g/mol. The maximum absolute atomic E-state index is 10.6. The van der Waals surface area contributed by atoms with Crippen LogP contribution in [0.3, 0.4) is 0 Å². The summed E-state index contributed by atoms with van der Waals surface area (Å²) in [5, 5.41) is 28.6. The molecule has 0 aliphatic rings. The maximum Gasteiger partial charge on any atom is 0.488 e. The molecule has 0 aliphatic heterocycles. The number of hydrogen-bond acceptors (Lipinski definition) is 4. The normalized spacial score (nSPS) is 9.93. The van der Waals surface area contributed by atoms with E-state index in [2.05, 4.69) is 15.9 Å². The van der Waals surface area contributed by atoms with Crippen molar-refractivity contribution in [2.24, 2.45) is 0 Å². The van der Waals surface area contributed by atoms with E-state index in [9.17, 15) is 10.1 Å². The Labute approximate surface area is 88.8 Å². The second-order valence-corrected chi connectivity index (χ2v) is 3.21. The van der Waals surface area contributed by atoms with Gasteiger partial charge in [0.25, 0.3) is 5.69 Å². The molecule has 1 rings (SSSR count). The van der Waals surface area contributed by atoms with Crippen LogP contribution in [0, 0.1) is 10.1 Å². The molecule has 0 spiro atoms. The van der Waals surface area contributed by atoms with E-state index in [0.29, 0.717) is 10.9 Å². The molecule has 0 unspecified atom stereocenters. The monoisotopic (exact) mass is 259 g/mol. The molecule has 0 radical (unpaired) electrons. The molecule has 0 fully saturated rings. The maximum atomic E-state index is 10.6. The van der Waals surface area contributed by atoms with Gasteiger partial charge in [-0.05, 0) is 5.46 Å². The second-order valence-electron chi connectivity index (χ2n) is 2.65. The van der Waals surface area contributed by atoms with Crippen LogP contribution in [0.25, 0.3) is 0 Å². The van der Waals surface area contributed by atoms with Crippen molar-refractivity contribution in [1.82, 2.24) is 0 Å². The number of benzene rings is 1. The lowest BCUT2D eigenvalue weighted by atomic mass is 9.80. The minimum Gasteiger partial charge on any atom is -0.423 e. The van der Waals surface area contributed by atoms with Crippen LogP contribution in [0.1, 0.15) is 5.56 Å². The van der Waals surface area contributed by atoms with Crippen molar-refractivity contribution in [3.63, 3.8) is 0 Å². The molecule has 1 aromatic rings. The van der Waals surface area contributed by atoms with Crippen LogP contribution in [-0.2, 0) is 5.33 Å². The Morgan fingerprint density at radius 2 is 2.14 bits per heavy atom. The van der Waals surface area contributed by atoms with Gasteiger partial charge in [-0.3, -0.25) is 10.1 Å². The van der Waals surface area contributed by atoms with E-state index < -0.39 is 12.0 Å². The summed E-state index contributed by atoms with van der Waals surface area (Å²) >= 11 is 3.11. The molecule has 0 aliphatic carbocycles. The molecule has 1 aromatic carbocycles. The Balaban J connectivity index is 3.21. The van der Waals surface area contributed by atoms with E-state index in [1.54, 1.807) is 0 Å². The lowest BCUT2D eigenvalue weighted by Crippen LogP contribution is -2.29. The number of rotatable bonds is 3. The van der Waals surface area contributed by atoms with Crippen molar-refractivity contribution in [2.75, 3.05) is 0 Å². The third kappa shape index (κ3) is 2.31. The minimum absolute atomic E-state index is 0.112. The van der Waals surface area contributed by atoms with Gasteiger partial charge in [-0.2, -0.15) is 0 Å². The second kappa shape index (κ2) is 4.54. The molecule has 0 saturated heterocycles. The van der Waals surface area contributed by atoms with Crippen LogP contribution in [-0.4, -0.2) is 22.1 Å².